The first-order chi connectivity index (χ1) is 15.8. The monoisotopic (exact) mass is 513 g/mol. The second-order valence-corrected chi connectivity index (χ2v) is 7.34. The zero-order valence-corrected chi connectivity index (χ0v) is 18.1. The van der Waals surface area contributed by atoms with Crippen molar-refractivity contribution in [3.63, 3.8) is 0 Å². The van der Waals surface area contributed by atoms with Crippen molar-refractivity contribution < 1.29 is 45.0 Å². The molecule has 0 saturated carbocycles. The van der Waals surface area contributed by atoms with E-state index in [4.69, 9.17) is 16.3 Å². The third-order valence-electron chi connectivity index (χ3n) is 4.87. The lowest BCUT2D eigenvalue weighted by atomic mass is 10.0. The molecule has 0 spiro atoms. The van der Waals surface area contributed by atoms with E-state index in [1.54, 1.807) is 0 Å². The predicted molar refractivity (Wildman–Crippen MR) is 105 cm³/mol. The minimum absolute atomic E-state index is 0.0250. The lowest BCUT2D eigenvalue weighted by Gasteiger charge is -2.31. The van der Waals surface area contributed by atoms with E-state index in [-0.39, 0.29) is 16.4 Å². The lowest BCUT2D eigenvalue weighted by Crippen LogP contribution is -2.51. The summed E-state index contributed by atoms with van der Waals surface area (Å²) in [5, 5.41) is 4.05. The van der Waals surface area contributed by atoms with E-state index in [1.807, 2.05) is 0 Å². The molecule has 3 rings (SSSR count). The summed E-state index contributed by atoms with van der Waals surface area (Å²) in [7, 11) is 2.17. The van der Waals surface area contributed by atoms with Crippen molar-refractivity contribution >= 4 is 17.6 Å². The summed E-state index contributed by atoms with van der Waals surface area (Å²) in [4.78, 5) is 11.9. The van der Waals surface area contributed by atoms with Gasteiger partial charge < -0.3 is 14.0 Å². The largest absolute Gasteiger partial charge is 0.465 e. The molecule has 0 amide bonds. The summed E-state index contributed by atoms with van der Waals surface area (Å²) in [6.45, 7) is -0.835. The van der Waals surface area contributed by atoms with Crippen molar-refractivity contribution in [2.24, 2.45) is 0 Å². The maximum Gasteiger partial charge on any atom is 0.437 e. The van der Waals surface area contributed by atoms with E-state index in [0.29, 0.717) is 21.8 Å². The Kier molecular flexibility index (Phi) is 6.73. The van der Waals surface area contributed by atoms with Crippen LogP contribution < -0.4 is 0 Å². The molecule has 3 aromatic rings. The third-order valence-corrected chi connectivity index (χ3v) is 5.20. The van der Waals surface area contributed by atoms with Gasteiger partial charge >= 0.3 is 24.0 Å². The molecular formula is C20H15ClF7N3O3. The second-order valence-electron chi connectivity index (χ2n) is 6.94. The summed E-state index contributed by atoms with van der Waals surface area (Å²) in [5.74, 6) is -1.06. The highest BCUT2D eigenvalue weighted by atomic mass is 35.5. The number of hydrogen-bond acceptors (Lipinski definition) is 4. The number of benzene rings is 1. The Morgan fingerprint density at radius 2 is 1.65 bits per heavy atom. The van der Waals surface area contributed by atoms with Gasteiger partial charge in [0.2, 0.25) is 0 Å². The first-order valence-electron chi connectivity index (χ1n) is 9.20. The maximum absolute atomic E-state index is 14.7. The molecule has 184 valence electrons. The van der Waals surface area contributed by atoms with Crippen LogP contribution in [0.1, 0.15) is 16.1 Å². The molecule has 0 saturated heterocycles. The smallest absolute Gasteiger partial charge is 0.437 e. The Hall–Kier alpha value is -3.06. The van der Waals surface area contributed by atoms with Crippen LogP contribution in [0.2, 0.25) is 5.02 Å². The van der Waals surface area contributed by atoms with Gasteiger partial charge in [0.15, 0.2) is 0 Å². The van der Waals surface area contributed by atoms with Gasteiger partial charge in [-0.1, -0.05) is 17.7 Å². The van der Waals surface area contributed by atoms with Gasteiger partial charge in [-0.25, -0.2) is 13.9 Å². The van der Waals surface area contributed by atoms with Crippen LogP contribution in [0.3, 0.4) is 0 Å². The molecule has 0 unspecified atom stereocenters. The SMILES string of the molecule is COCn1c(-n2cc(-c3ccc(Cl)c(C(=O)OC)c3)cn2)ccc1C(F)(C(F)(F)F)C(F)(F)F. The summed E-state index contributed by atoms with van der Waals surface area (Å²) >= 11 is 5.97. The average molecular weight is 514 g/mol. The Balaban J connectivity index is 2.12. The summed E-state index contributed by atoms with van der Waals surface area (Å²) in [6.07, 6.45) is -10.1. The standard InChI is InChI=1S/C20H15ClF7N3O3/c1-33-10-30-15(18(22,19(23,24)25)20(26,27)28)5-6-16(30)31-9-12(8-29-31)11-3-4-14(21)13(7-11)17(32)34-2/h3-9H,10H2,1-2H3. The van der Waals surface area contributed by atoms with Crippen LogP contribution in [0.4, 0.5) is 30.7 Å². The van der Waals surface area contributed by atoms with Gasteiger partial charge in [-0.2, -0.15) is 31.4 Å². The zero-order chi connectivity index (χ0) is 25.5. The molecule has 0 fully saturated rings. The van der Waals surface area contributed by atoms with Crippen LogP contribution in [0.25, 0.3) is 16.9 Å². The van der Waals surface area contributed by atoms with E-state index in [2.05, 4.69) is 9.84 Å². The molecule has 2 aromatic heterocycles. The highest BCUT2D eigenvalue weighted by Crippen LogP contribution is 2.53. The number of aromatic nitrogens is 3. The predicted octanol–water partition coefficient (Wildman–Crippen LogP) is 5.67. The van der Waals surface area contributed by atoms with Crippen molar-refractivity contribution in [3.05, 3.63) is 59.0 Å². The Morgan fingerprint density at radius 3 is 2.21 bits per heavy atom. The van der Waals surface area contributed by atoms with E-state index in [1.165, 1.54) is 30.6 Å². The van der Waals surface area contributed by atoms with Crippen molar-refractivity contribution in [2.75, 3.05) is 14.2 Å². The first kappa shape index (κ1) is 25.6. The van der Waals surface area contributed by atoms with Gasteiger partial charge in [0, 0.05) is 18.9 Å². The summed E-state index contributed by atoms with van der Waals surface area (Å²) < 4.78 is 105. The molecule has 0 bridgehead atoms. The van der Waals surface area contributed by atoms with Crippen molar-refractivity contribution in [2.45, 2.75) is 24.8 Å². The molecular weight excluding hydrogens is 499 g/mol. The van der Waals surface area contributed by atoms with E-state index in [9.17, 15) is 35.5 Å². The van der Waals surface area contributed by atoms with E-state index >= 15 is 0 Å². The fourth-order valence-corrected chi connectivity index (χ4v) is 3.44. The number of nitrogens with zero attached hydrogens (tertiary/aromatic N) is 3. The molecule has 0 aliphatic rings. The molecule has 0 atom stereocenters. The number of halogens is 8. The quantitative estimate of drug-likeness (QED) is 0.315. The molecule has 0 aliphatic carbocycles. The van der Waals surface area contributed by atoms with E-state index in [0.717, 1.165) is 25.0 Å². The van der Waals surface area contributed by atoms with E-state index < -0.39 is 36.4 Å². The number of alkyl halides is 7. The van der Waals surface area contributed by atoms with Gasteiger partial charge in [0.05, 0.1) is 29.6 Å². The van der Waals surface area contributed by atoms with Crippen molar-refractivity contribution in [1.29, 1.82) is 0 Å². The van der Waals surface area contributed by atoms with Crippen LogP contribution in [0.5, 0.6) is 0 Å². The number of esters is 1. The highest BCUT2D eigenvalue weighted by molar-refractivity contribution is 6.33. The molecule has 2 heterocycles. The lowest BCUT2D eigenvalue weighted by molar-refractivity contribution is -0.351. The molecule has 6 nitrogen and oxygen atoms in total. The number of ether oxygens (including phenoxy) is 2. The Bertz CT molecular complexity index is 1190. The zero-order valence-electron chi connectivity index (χ0n) is 17.3. The van der Waals surface area contributed by atoms with Crippen LogP contribution in [-0.4, -0.2) is 46.9 Å². The van der Waals surface area contributed by atoms with Gasteiger partial charge in [-0.15, -0.1) is 0 Å². The van der Waals surface area contributed by atoms with Crippen LogP contribution >= 0.6 is 11.6 Å². The molecule has 34 heavy (non-hydrogen) atoms. The third kappa shape index (κ3) is 4.25. The molecule has 0 N–H and O–H groups in total. The fraction of sp³-hybridized carbons (Fsp3) is 0.300. The topological polar surface area (TPSA) is 58.3 Å². The number of methoxy groups -OCH3 is 2. The minimum atomic E-state index is -6.30. The second kappa shape index (κ2) is 8.95. The maximum atomic E-state index is 14.7. The Morgan fingerprint density at radius 1 is 1.00 bits per heavy atom. The highest BCUT2D eigenvalue weighted by Gasteiger charge is 2.74. The number of rotatable bonds is 6. The molecule has 0 radical (unpaired) electrons. The molecule has 0 aliphatic heterocycles. The fourth-order valence-electron chi connectivity index (χ4n) is 3.24. The van der Waals surface area contributed by atoms with Crippen LogP contribution in [0.15, 0.2) is 42.7 Å². The van der Waals surface area contributed by atoms with Crippen molar-refractivity contribution in [1.82, 2.24) is 14.3 Å². The van der Waals surface area contributed by atoms with Gasteiger partial charge in [-0.3, -0.25) is 0 Å². The average Bonchev–Trinajstić information content (AvgIpc) is 3.39. The Labute approximate surface area is 192 Å². The van der Waals surface area contributed by atoms with Gasteiger partial charge in [-0.05, 0) is 29.8 Å². The summed E-state index contributed by atoms with van der Waals surface area (Å²) in [5.41, 5.74) is -6.63. The van der Waals surface area contributed by atoms with Gasteiger partial charge in [0.1, 0.15) is 12.5 Å². The normalized spacial score (nSPS) is 12.8. The van der Waals surface area contributed by atoms with Crippen LogP contribution in [-0.2, 0) is 21.9 Å². The first-order valence-corrected chi connectivity index (χ1v) is 9.58. The van der Waals surface area contributed by atoms with Crippen LogP contribution in [0, 0.1) is 0 Å². The van der Waals surface area contributed by atoms with Gasteiger partial charge in [0.25, 0.3) is 0 Å². The number of hydrogen-bond donors (Lipinski definition) is 0. The molecule has 14 heteroatoms. The number of carbonyl (C=O) groups is 1. The minimum Gasteiger partial charge on any atom is -0.465 e. The van der Waals surface area contributed by atoms with Crippen molar-refractivity contribution in [3.8, 4) is 16.9 Å². The summed E-state index contributed by atoms with van der Waals surface area (Å²) in [6, 6.07) is 5.49. The molecule has 1 aromatic carbocycles. The number of carbonyl (C=O) groups excluding carboxylic acids is 1.